The van der Waals surface area contributed by atoms with Crippen LogP contribution in [0.25, 0.3) is 0 Å². The molecule has 0 aromatic carbocycles. The van der Waals surface area contributed by atoms with Gasteiger partial charge in [0, 0.05) is 12.2 Å². The Bertz CT molecular complexity index is 354. The molecule has 0 saturated carbocycles. The van der Waals surface area contributed by atoms with Crippen LogP contribution in [0.5, 0.6) is 0 Å². The Morgan fingerprint density at radius 3 is 2.50 bits per heavy atom. The molecule has 0 spiro atoms. The Morgan fingerprint density at radius 1 is 1.44 bits per heavy atom. The van der Waals surface area contributed by atoms with Gasteiger partial charge in [-0.15, -0.1) is 0 Å². The number of anilines is 1. The van der Waals surface area contributed by atoms with E-state index in [0.717, 1.165) is 0 Å². The van der Waals surface area contributed by atoms with Gasteiger partial charge in [0.2, 0.25) is 0 Å². The first-order valence-electron chi connectivity index (χ1n) is 4.60. The van der Waals surface area contributed by atoms with Crippen molar-refractivity contribution in [2.24, 2.45) is 0 Å². The topological polar surface area (TPSA) is 29.0 Å². The van der Waals surface area contributed by atoms with Crippen LogP contribution in [-0.4, -0.2) is 28.7 Å². The number of nitrogens with zero attached hydrogens (tertiary/aromatic N) is 3. The third-order valence-electron chi connectivity index (χ3n) is 1.89. The molecule has 0 aliphatic rings. The Hall–Kier alpha value is -0.600. The van der Waals surface area contributed by atoms with E-state index in [0.29, 0.717) is 9.39 Å². The molecule has 0 aliphatic heterocycles. The van der Waals surface area contributed by atoms with Gasteiger partial charge in [0.05, 0.1) is 3.57 Å². The monoisotopic (exact) mass is 345 g/mol. The lowest BCUT2D eigenvalue weighted by Gasteiger charge is -2.29. The fraction of sp³-hybridized carbons (Fsp3) is 0.556. The Kier molecular flexibility index (Phi) is 4.34. The molecule has 0 amide bonds. The third-order valence-corrected chi connectivity index (χ3v) is 2.65. The smallest absolute Gasteiger partial charge is 0.344 e. The van der Waals surface area contributed by atoms with Crippen LogP contribution in [0.3, 0.4) is 0 Å². The quantitative estimate of drug-likeness (QED) is 0.789. The summed E-state index contributed by atoms with van der Waals surface area (Å²) < 4.78 is 37.8. The van der Waals surface area contributed by atoms with Gasteiger partial charge in [0.25, 0.3) is 0 Å². The van der Waals surface area contributed by atoms with Gasteiger partial charge in [-0.3, -0.25) is 0 Å². The number of rotatable bonds is 3. The van der Waals surface area contributed by atoms with E-state index < -0.39 is 12.7 Å². The van der Waals surface area contributed by atoms with Crippen molar-refractivity contribution in [1.82, 2.24) is 9.97 Å². The van der Waals surface area contributed by atoms with Gasteiger partial charge in [-0.2, -0.15) is 13.2 Å². The minimum Gasteiger partial charge on any atom is -0.344 e. The molecule has 0 saturated heterocycles. The predicted octanol–water partition coefficient (Wildman–Crippen LogP) is 2.86. The summed E-state index contributed by atoms with van der Waals surface area (Å²) in [5, 5.41) is 0. The summed E-state index contributed by atoms with van der Waals surface area (Å²) >= 11 is 1.93. The van der Waals surface area contributed by atoms with Crippen LogP contribution >= 0.6 is 22.6 Å². The Labute approximate surface area is 105 Å². The first kappa shape index (κ1) is 13.5. The van der Waals surface area contributed by atoms with Crippen LogP contribution in [-0.2, 0) is 0 Å². The van der Waals surface area contributed by atoms with Crippen molar-refractivity contribution in [3.63, 3.8) is 0 Å². The molecule has 1 rings (SSSR count). The zero-order chi connectivity index (χ0) is 12.3. The highest BCUT2D eigenvalue weighted by atomic mass is 127. The number of aromatic nitrogens is 2. The summed E-state index contributed by atoms with van der Waals surface area (Å²) in [7, 11) is 0. The van der Waals surface area contributed by atoms with Crippen molar-refractivity contribution in [2.75, 3.05) is 11.4 Å². The van der Waals surface area contributed by atoms with Gasteiger partial charge in [0.15, 0.2) is 0 Å². The van der Waals surface area contributed by atoms with Crippen molar-refractivity contribution in [3.8, 4) is 0 Å². The second-order valence-electron chi connectivity index (χ2n) is 3.53. The standard InChI is InChI=1S/C9H11F3IN3/c1-6(2)16(4-9(10,11)12)8-7(13)3-14-5-15-8/h3,5-6H,4H2,1-2H3. The maximum Gasteiger partial charge on any atom is 0.405 e. The minimum atomic E-state index is -4.24. The minimum absolute atomic E-state index is 0.273. The second kappa shape index (κ2) is 5.15. The number of hydrogen-bond acceptors (Lipinski definition) is 3. The Balaban J connectivity index is 2.99. The maximum atomic E-state index is 12.4. The van der Waals surface area contributed by atoms with E-state index in [1.54, 1.807) is 13.8 Å². The van der Waals surface area contributed by atoms with Gasteiger partial charge in [-0.25, -0.2) is 9.97 Å². The van der Waals surface area contributed by atoms with E-state index in [-0.39, 0.29) is 6.04 Å². The highest BCUT2D eigenvalue weighted by molar-refractivity contribution is 14.1. The van der Waals surface area contributed by atoms with E-state index in [2.05, 4.69) is 9.97 Å². The number of alkyl halides is 3. The molecule has 90 valence electrons. The molecular formula is C9H11F3IN3. The van der Waals surface area contributed by atoms with Crippen LogP contribution in [0.1, 0.15) is 13.8 Å². The largest absolute Gasteiger partial charge is 0.405 e. The number of hydrogen-bond donors (Lipinski definition) is 0. The predicted molar refractivity (Wildman–Crippen MR) is 63.3 cm³/mol. The van der Waals surface area contributed by atoms with Crippen LogP contribution in [0.15, 0.2) is 12.5 Å². The lowest BCUT2D eigenvalue weighted by molar-refractivity contribution is -0.120. The molecule has 0 atom stereocenters. The molecule has 1 aromatic heterocycles. The zero-order valence-corrected chi connectivity index (χ0v) is 11.0. The molecule has 0 N–H and O–H groups in total. The molecule has 7 heteroatoms. The molecule has 16 heavy (non-hydrogen) atoms. The number of halogens is 4. The zero-order valence-electron chi connectivity index (χ0n) is 8.79. The lowest BCUT2D eigenvalue weighted by atomic mass is 10.3. The van der Waals surface area contributed by atoms with Gasteiger partial charge in [-0.1, -0.05) is 0 Å². The average molecular weight is 345 g/mol. The van der Waals surface area contributed by atoms with Crippen LogP contribution in [0.2, 0.25) is 0 Å². The summed E-state index contributed by atoms with van der Waals surface area (Å²) in [6.45, 7) is 2.39. The Morgan fingerprint density at radius 2 is 2.06 bits per heavy atom. The first-order valence-corrected chi connectivity index (χ1v) is 5.68. The van der Waals surface area contributed by atoms with E-state index in [1.807, 2.05) is 22.6 Å². The molecule has 0 radical (unpaired) electrons. The molecule has 1 aromatic rings. The van der Waals surface area contributed by atoms with Crippen molar-refractivity contribution in [2.45, 2.75) is 26.1 Å². The normalized spacial score (nSPS) is 11.9. The highest BCUT2D eigenvalue weighted by Crippen LogP contribution is 2.25. The van der Waals surface area contributed by atoms with Crippen molar-refractivity contribution in [3.05, 3.63) is 16.1 Å². The van der Waals surface area contributed by atoms with Gasteiger partial charge in [-0.05, 0) is 36.4 Å². The molecule has 0 fully saturated rings. The summed E-state index contributed by atoms with van der Waals surface area (Å²) in [5.41, 5.74) is 0. The van der Waals surface area contributed by atoms with Crippen LogP contribution < -0.4 is 4.90 Å². The summed E-state index contributed by atoms with van der Waals surface area (Å²) in [6, 6.07) is -0.273. The van der Waals surface area contributed by atoms with Crippen molar-refractivity contribution >= 4 is 28.4 Å². The molecule has 3 nitrogen and oxygen atoms in total. The second-order valence-corrected chi connectivity index (χ2v) is 4.69. The fourth-order valence-electron chi connectivity index (χ4n) is 1.21. The third kappa shape index (κ3) is 3.76. The summed E-state index contributed by atoms with van der Waals surface area (Å²) in [6.07, 6.45) is -1.49. The van der Waals surface area contributed by atoms with Crippen LogP contribution in [0.4, 0.5) is 19.0 Å². The van der Waals surface area contributed by atoms with E-state index in [4.69, 9.17) is 0 Å². The van der Waals surface area contributed by atoms with Gasteiger partial charge < -0.3 is 4.90 Å². The highest BCUT2D eigenvalue weighted by Gasteiger charge is 2.33. The molecule has 1 heterocycles. The van der Waals surface area contributed by atoms with Gasteiger partial charge >= 0.3 is 6.18 Å². The molecule has 0 aliphatic carbocycles. The molecular weight excluding hydrogens is 334 g/mol. The van der Waals surface area contributed by atoms with E-state index in [1.165, 1.54) is 17.4 Å². The molecule has 0 unspecified atom stereocenters. The van der Waals surface area contributed by atoms with Crippen LogP contribution in [0, 0.1) is 3.57 Å². The SMILES string of the molecule is CC(C)N(CC(F)(F)F)c1ncncc1I. The van der Waals surface area contributed by atoms with E-state index in [9.17, 15) is 13.2 Å². The summed E-state index contributed by atoms with van der Waals surface area (Å²) in [4.78, 5) is 8.86. The van der Waals surface area contributed by atoms with E-state index >= 15 is 0 Å². The van der Waals surface area contributed by atoms with Crippen molar-refractivity contribution < 1.29 is 13.2 Å². The fourth-order valence-corrected chi connectivity index (χ4v) is 1.82. The molecule has 0 bridgehead atoms. The lowest BCUT2D eigenvalue weighted by Crippen LogP contribution is -2.40. The van der Waals surface area contributed by atoms with Crippen molar-refractivity contribution in [1.29, 1.82) is 0 Å². The maximum absolute atomic E-state index is 12.4. The first-order chi connectivity index (χ1) is 7.31. The van der Waals surface area contributed by atoms with Gasteiger partial charge in [0.1, 0.15) is 18.7 Å². The summed E-state index contributed by atoms with van der Waals surface area (Å²) in [5.74, 6) is 0.322. The average Bonchev–Trinajstić information content (AvgIpc) is 2.13.